The molecule has 0 aromatic carbocycles. The van der Waals surface area contributed by atoms with Gasteiger partial charge < -0.3 is 14.4 Å². The number of fused-ring (bicyclic) bond motifs is 5. The minimum absolute atomic E-state index is 0.0182. The van der Waals surface area contributed by atoms with Gasteiger partial charge in [-0.05, 0) is 155 Å². The molecular weight excluding hydrogens is 847 g/mol. The molecule has 0 aromatic rings. The van der Waals surface area contributed by atoms with E-state index < -0.39 is 60.7 Å². The molecule has 15 atom stereocenters. The third-order valence-corrected chi connectivity index (χ3v) is 55.6. The second-order valence-electron chi connectivity index (χ2n) is 20.2. The SMILES string of the molecule is [3H]S(C)(CPO)P(C)CS([3H])(C)P(C)CS([3H])(C)P(C)S([3H])(C)(C)(C)NC(=O)CCC(=O)O[C@H]1CC[C@@]2(C)C(=CC[C@H]3[C@@H]4CC[C@H]([C@H](C)CCCC(C)C)[C@@]4(C)CC[C@@H]32)C1. The van der Waals surface area contributed by atoms with E-state index in [-0.39, 0.29) is 45.0 Å². The third kappa shape index (κ3) is 12.5. The van der Waals surface area contributed by atoms with Crippen LogP contribution >= 0.6 is 69.5 Å². The lowest BCUT2D eigenvalue weighted by atomic mass is 9.47. The van der Waals surface area contributed by atoms with Gasteiger partial charge in [-0.3, -0.25) is 9.59 Å². The minimum atomic E-state index is -4.04. The van der Waals surface area contributed by atoms with E-state index in [9.17, 15) is 17.9 Å². The Morgan fingerprint density at radius 3 is 2.30 bits per heavy atom. The average Bonchev–Trinajstić information content (AvgIpc) is 3.46. The Morgan fingerprint density at radius 1 is 0.982 bits per heavy atom. The number of ether oxygens (including phenoxy) is 1. The number of hydrogen-bond acceptors (Lipinski definition) is 4. The topological polar surface area (TPSA) is 75.6 Å². The fraction of sp³-hybridized carbons (Fsp3) is 0.907. The van der Waals surface area contributed by atoms with Crippen LogP contribution in [0.2, 0.25) is 0 Å². The predicted octanol–water partition coefficient (Wildman–Crippen LogP) is 13.1. The van der Waals surface area contributed by atoms with Gasteiger partial charge in [-0.1, -0.05) is 79.8 Å². The first-order valence-electron chi connectivity index (χ1n) is 23.1. The summed E-state index contributed by atoms with van der Waals surface area (Å²) in [7, 11) is -11.4. The number of carbonyl (C=O) groups excluding carboxylic acids is 2. The van der Waals surface area contributed by atoms with Crippen molar-refractivity contribution >= 4 is 81.4 Å². The quantitative estimate of drug-likeness (QED) is 0.0318. The van der Waals surface area contributed by atoms with E-state index in [2.05, 4.69) is 58.7 Å². The molecule has 56 heavy (non-hydrogen) atoms. The van der Waals surface area contributed by atoms with E-state index in [0.717, 1.165) is 55.3 Å². The molecule has 0 heterocycles. The number of nitrogens with one attached hydrogen (secondary N) is 1. The monoisotopic (exact) mass is 943 g/mol. The molecule has 4 aliphatic rings. The van der Waals surface area contributed by atoms with Crippen molar-refractivity contribution in [3.05, 3.63) is 11.6 Å². The molecule has 13 heteroatoms. The number of esters is 1. The van der Waals surface area contributed by atoms with Crippen LogP contribution in [0.5, 0.6) is 0 Å². The number of amides is 1. The van der Waals surface area contributed by atoms with E-state index >= 15 is 0 Å². The fourth-order valence-corrected chi connectivity index (χ4v) is 51.2. The van der Waals surface area contributed by atoms with E-state index in [1.807, 2.05) is 44.2 Å². The van der Waals surface area contributed by atoms with Crippen molar-refractivity contribution in [3.8, 4) is 0 Å². The highest BCUT2D eigenvalue weighted by atomic mass is 33.2. The average molecular weight is 944 g/mol. The highest BCUT2D eigenvalue weighted by Crippen LogP contribution is 2.91. The molecule has 0 aromatic heterocycles. The van der Waals surface area contributed by atoms with Crippen LogP contribution < -0.4 is 4.72 Å². The van der Waals surface area contributed by atoms with Crippen molar-refractivity contribution in [2.24, 2.45) is 46.3 Å². The van der Waals surface area contributed by atoms with Gasteiger partial charge in [0.15, 0.2) is 0 Å². The van der Waals surface area contributed by atoms with E-state index in [1.165, 1.54) is 50.5 Å². The molecule has 4 aliphatic carbocycles. The van der Waals surface area contributed by atoms with Gasteiger partial charge in [0.25, 0.3) is 0 Å². The maximum atomic E-state index is 13.6. The van der Waals surface area contributed by atoms with Gasteiger partial charge in [-0.15, -0.1) is 0 Å². The third-order valence-electron chi connectivity index (χ3n) is 15.0. The number of hydrogen-bond donors (Lipinski definition) is 6. The van der Waals surface area contributed by atoms with E-state index in [4.69, 9.17) is 5.86 Å². The Labute approximate surface area is 363 Å². The molecule has 0 saturated heterocycles. The summed E-state index contributed by atoms with van der Waals surface area (Å²) in [6.07, 6.45) is 25.9. The Balaban J connectivity index is 1.31. The molecule has 0 spiro atoms. The summed E-state index contributed by atoms with van der Waals surface area (Å²) in [5, 5.41) is 0. The molecule has 0 aliphatic heterocycles. The zero-order valence-corrected chi connectivity index (χ0v) is 45.0. The second-order valence-corrected chi connectivity index (χ2v) is 53.1. The molecular formula is C43H89NO4P4S4. The number of carbonyl (C=O) groups is 2. The summed E-state index contributed by atoms with van der Waals surface area (Å²) in [6.45, 7) is 18.7. The van der Waals surface area contributed by atoms with Crippen molar-refractivity contribution in [2.45, 2.75) is 124 Å². The summed E-state index contributed by atoms with van der Waals surface area (Å²) >= 11 is 0. The van der Waals surface area contributed by atoms with Gasteiger partial charge >= 0.3 is 5.97 Å². The van der Waals surface area contributed by atoms with Crippen molar-refractivity contribution in [1.82, 2.24) is 4.72 Å². The van der Waals surface area contributed by atoms with Gasteiger partial charge in [0.05, 0.1) is 10.9 Å². The molecule has 334 valence electrons. The number of rotatable bonds is 20. The lowest BCUT2D eigenvalue weighted by molar-refractivity contribution is -0.152. The second kappa shape index (κ2) is 21.0. The van der Waals surface area contributed by atoms with Gasteiger partial charge in [-0.25, -0.2) is 40.1 Å². The number of allylic oxidation sites excluding steroid dienone is 1. The molecule has 3 saturated carbocycles. The van der Waals surface area contributed by atoms with E-state index in [1.54, 1.807) is 0 Å². The first-order chi connectivity index (χ1) is 27.2. The largest absolute Gasteiger partial charge is 0.462 e. The zero-order valence-electron chi connectivity index (χ0n) is 42.1. The zero-order chi connectivity index (χ0) is 45.6. The molecule has 0 bridgehead atoms. The van der Waals surface area contributed by atoms with Crippen LogP contribution in [0.3, 0.4) is 0 Å². The molecule has 7 unspecified atom stereocenters. The summed E-state index contributed by atoms with van der Waals surface area (Å²) in [5.41, 5.74) is 3.93. The molecule has 4 rings (SSSR count). The normalized spacial score (nSPS) is 38.9. The standard InChI is InChI=1S/C43H89NO4P4S4/c1-32(2)16-15-17-33(3)37-20-21-38-36-19-18-34-28-35(24-26-42(34,4)39(36)25-27-43(37,38)5)48-41(46)23-22-40(45)44-56(12,13,14)52(8)55(11)31-51(7)54(10)30-50(6)53(9)29-49-47/h18,32-33,35-39,47,49,53-56H,15-17,19-31H2,1-14H3,(H,44,45)/t33-,35+,36+,37-,38+,39+,42+,43-,50?,51?,52?/m1/s1/i53T,54T,55T,56T. The summed E-state index contributed by atoms with van der Waals surface area (Å²) in [6, 6.07) is 0. The highest BCUT2D eigenvalue weighted by Gasteiger charge is 2.59. The summed E-state index contributed by atoms with van der Waals surface area (Å²) in [4.78, 5) is 36.5. The predicted molar refractivity (Wildman–Crippen MR) is 275 cm³/mol. The Bertz CT molecular complexity index is 1590. The molecule has 5 nitrogen and oxygen atoms in total. The van der Waals surface area contributed by atoms with Crippen LogP contribution in [-0.2, 0) is 14.3 Å². The van der Waals surface area contributed by atoms with Crippen molar-refractivity contribution in [1.29, 1.82) is 4.50 Å². The molecule has 0 radical (unpaired) electrons. The van der Waals surface area contributed by atoms with E-state index in [0.29, 0.717) is 27.8 Å². The minimum Gasteiger partial charge on any atom is -0.462 e. The van der Waals surface area contributed by atoms with Gasteiger partial charge in [0, 0.05) is 38.1 Å². The van der Waals surface area contributed by atoms with Crippen LogP contribution in [0.25, 0.3) is 0 Å². The van der Waals surface area contributed by atoms with Crippen LogP contribution in [0.4, 0.5) is 0 Å². The van der Waals surface area contributed by atoms with Crippen LogP contribution in [0, 0.1) is 46.3 Å². The lowest BCUT2D eigenvalue weighted by Crippen LogP contribution is -2.51. The van der Waals surface area contributed by atoms with Crippen molar-refractivity contribution < 1.29 is 19.2 Å². The Hall–Kier alpha value is 1.76. The highest BCUT2D eigenvalue weighted by molar-refractivity contribution is 9.09. The smallest absolute Gasteiger partial charge is 0.306 e. The maximum absolute atomic E-state index is 13.6. The first-order valence-corrected chi connectivity index (χ1v) is 39.5. The Kier molecular flexibility index (Phi) is 16.6. The molecule has 1 amide bonds. The first kappa shape index (κ1) is 44.4. The molecule has 3 fully saturated rings. The van der Waals surface area contributed by atoms with Crippen molar-refractivity contribution in [3.63, 3.8) is 0 Å². The fourth-order valence-electron chi connectivity index (χ4n) is 11.3. The number of thiol groups is 4. The summed E-state index contributed by atoms with van der Waals surface area (Å²) < 4.78 is 47.1. The van der Waals surface area contributed by atoms with Crippen LogP contribution in [-0.4, -0.2) is 101 Å². The Morgan fingerprint density at radius 2 is 1.64 bits per heavy atom. The van der Waals surface area contributed by atoms with Crippen molar-refractivity contribution in [2.75, 3.05) is 74.0 Å². The van der Waals surface area contributed by atoms with Crippen LogP contribution in [0.15, 0.2) is 11.6 Å². The lowest BCUT2D eigenvalue weighted by Gasteiger charge is -2.60. The van der Waals surface area contributed by atoms with Gasteiger partial charge in [-0.2, -0.15) is 0 Å². The van der Waals surface area contributed by atoms with Gasteiger partial charge in [0.2, 0.25) is 5.91 Å². The molecule has 2 N–H and O–H groups in total. The summed E-state index contributed by atoms with van der Waals surface area (Å²) in [5.74, 6) is 4.08. The maximum Gasteiger partial charge on any atom is 0.306 e. The van der Waals surface area contributed by atoms with Gasteiger partial charge in [0.1, 0.15) is 6.10 Å². The van der Waals surface area contributed by atoms with Crippen LogP contribution in [0.1, 0.15) is 118 Å².